The third kappa shape index (κ3) is 3.68. The lowest BCUT2D eigenvalue weighted by atomic mass is 10.0. The number of anilines is 1. The normalized spacial score (nSPS) is 10.9. The third-order valence-electron chi connectivity index (χ3n) is 4.58. The standard InChI is InChI=1S/C21H19ClFN3O2/c1-3-11-6-8-16(22)14(4-2)18(11)26-21(28)19-15(20(24)27)9-12-5-7-13(23)10-17(12)25-19/h5-10H,3-4H2,1-2H3,(H2,24,27)(H,26,28). The molecule has 28 heavy (non-hydrogen) atoms. The number of hydrogen-bond acceptors (Lipinski definition) is 3. The molecule has 0 bridgehead atoms. The van der Waals surface area contributed by atoms with Crippen molar-refractivity contribution >= 4 is 40.0 Å². The van der Waals surface area contributed by atoms with Crippen LogP contribution in [0.25, 0.3) is 10.9 Å². The molecule has 3 N–H and O–H groups in total. The highest BCUT2D eigenvalue weighted by Crippen LogP contribution is 2.30. The fraction of sp³-hybridized carbons (Fsp3) is 0.190. The molecule has 0 aliphatic rings. The molecule has 7 heteroatoms. The van der Waals surface area contributed by atoms with E-state index >= 15 is 0 Å². The van der Waals surface area contributed by atoms with E-state index in [2.05, 4.69) is 10.3 Å². The molecule has 0 aliphatic heterocycles. The maximum absolute atomic E-state index is 13.6. The minimum absolute atomic E-state index is 0.0327. The first kappa shape index (κ1) is 19.8. The number of aromatic nitrogens is 1. The molecule has 0 atom stereocenters. The van der Waals surface area contributed by atoms with Gasteiger partial charge >= 0.3 is 0 Å². The second kappa shape index (κ2) is 7.94. The van der Waals surface area contributed by atoms with Gasteiger partial charge in [0.25, 0.3) is 11.8 Å². The van der Waals surface area contributed by atoms with Crippen LogP contribution in [-0.2, 0) is 12.8 Å². The molecule has 5 nitrogen and oxygen atoms in total. The largest absolute Gasteiger partial charge is 0.366 e. The number of aryl methyl sites for hydroxylation is 1. The summed E-state index contributed by atoms with van der Waals surface area (Å²) in [6.07, 6.45) is 1.29. The Balaban J connectivity index is 2.13. The van der Waals surface area contributed by atoms with E-state index in [-0.39, 0.29) is 16.8 Å². The van der Waals surface area contributed by atoms with Gasteiger partial charge in [0.15, 0.2) is 0 Å². The molecule has 0 unspecified atom stereocenters. The van der Waals surface area contributed by atoms with E-state index in [1.165, 1.54) is 24.3 Å². The van der Waals surface area contributed by atoms with Crippen LogP contribution < -0.4 is 11.1 Å². The molecule has 0 saturated heterocycles. The average Bonchev–Trinajstić information content (AvgIpc) is 2.67. The summed E-state index contributed by atoms with van der Waals surface area (Å²) in [6.45, 7) is 3.90. The van der Waals surface area contributed by atoms with Gasteiger partial charge in [-0.05, 0) is 48.2 Å². The lowest BCUT2D eigenvalue weighted by Gasteiger charge is -2.16. The van der Waals surface area contributed by atoms with E-state index in [1.54, 1.807) is 6.07 Å². The molecular weight excluding hydrogens is 381 g/mol. The van der Waals surface area contributed by atoms with E-state index in [4.69, 9.17) is 17.3 Å². The number of nitrogens with two attached hydrogens (primary N) is 1. The van der Waals surface area contributed by atoms with Crippen LogP contribution in [0.15, 0.2) is 36.4 Å². The Hall–Kier alpha value is -2.99. The monoisotopic (exact) mass is 399 g/mol. The highest BCUT2D eigenvalue weighted by atomic mass is 35.5. The number of carbonyl (C=O) groups excluding carboxylic acids is 2. The first-order valence-corrected chi connectivity index (χ1v) is 9.25. The predicted octanol–water partition coefficient (Wildman–Crippen LogP) is 4.50. The molecule has 3 aromatic rings. The second-order valence-electron chi connectivity index (χ2n) is 6.31. The maximum Gasteiger partial charge on any atom is 0.275 e. The van der Waals surface area contributed by atoms with Crippen LogP contribution in [0.4, 0.5) is 10.1 Å². The number of benzene rings is 2. The van der Waals surface area contributed by atoms with E-state index in [0.29, 0.717) is 28.9 Å². The second-order valence-corrected chi connectivity index (χ2v) is 6.71. The summed E-state index contributed by atoms with van der Waals surface area (Å²) >= 11 is 6.28. The summed E-state index contributed by atoms with van der Waals surface area (Å²) < 4.78 is 13.6. The van der Waals surface area contributed by atoms with Gasteiger partial charge in [0.2, 0.25) is 0 Å². The van der Waals surface area contributed by atoms with Crippen LogP contribution in [0.1, 0.15) is 45.8 Å². The van der Waals surface area contributed by atoms with E-state index in [1.807, 2.05) is 19.9 Å². The van der Waals surface area contributed by atoms with Gasteiger partial charge in [-0.1, -0.05) is 31.5 Å². The van der Waals surface area contributed by atoms with Crippen LogP contribution in [-0.4, -0.2) is 16.8 Å². The summed E-state index contributed by atoms with van der Waals surface area (Å²) in [5.74, 6) is -1.89. The lowest BCUT2D eigenvalue weighted by Crippen LogP contribution is -2.23. The fourth-order valence-electron chi connectivity index (χ4n) is 3.14. The fourth-order valence-corrected chi connectivity index (χ4v) is 3.43. The quantitative estimate of drug-likeness (QED) is 0.662. The Kier molecular flexibility index (Phi) is 5.61. The van der Waals surface area contributed by atoms with E-state index in [0.717, 1.165) is 11.1 Å². The zero-order chi connectivity index (χ0) is 20.4. The number of rotatable bonds is 5. The topological polar surface area (TPSA) is 85.1 Å². The Morgan fingerprint density at radius 2 is 1.89 bits per heavy atom. The summed E-state index contributed by atoms with van der Waals surface area (Å²) in [7, 11) is 0. The number of fused-ring (bicyclic) bond motifs is 1. The molecule has 0 fully saturated rings. The minimum atomic E-state index is -0.790. The Morgan fingerprint density at radius 1 is 1.14 bits per heavy atom. The van der Waals surface area contributed by atoms with E-state index in [9.17, 15) is 14.0 Å². The Labute approximate surface area is 166 Å². The minimum Gasteiger partial charge on any atom is -0.366 e. The number of halogens is 2. The number of carbonyl (C=O) groups is 2. The molecule has 0 spiro atoms. The Morgan fingerprint density at radius 3 is 2.54 bits per heavy atom. The van der Waals surface area contributed by atoms with Crippen LogP contribution in [0.2, 0.25) is 5.02 Å². The van der Waals surface area contributed by atoms with Crippen molar-refractivity contribution in [1.29, 1.82) is 0 Å². The number of nitrogens with one attached hydrogen (secondary N) is 1. The summed E-state index contributed by atoms with van der Waals surface area (Å²) in [5, 5.41) is 3.88. The molecule has 3 rings (SSSR count). The number of hydrogen-bond donors (Lipinski definition) is 2. The SMILES string of the molecule is CCc1ccc(Cl)c(CC)c1NC(=O)c1nc2cc(F)ccc2cc1C(N)=O. The molecule has 0 saturated carbocycles. The summed E-state index contributed by atoms with van der Waals surface area (Å²) in [5.41, 5.74) is 7.81. The summed E-state index contributed by atoms with van der Waals surface area (Å²) in [6, 6.07) is 9.01. The maximum atomic E-state index is 13.6. The van der Waals surface area contributed by atoms with Crippen LogP contribution in [0, 0.1) is 5.82 Å². The van der Waals surface area contributed by atoms with Gasteiger partial charge < -0.3 is 11.1 Å². The zero-order valence-electron chi connectivity index (χ0n) is 15.5. The number of pyridine rings is 1. The zero-order valence-corrected chi connectivity index (χ0v) is 16.2. The summed E-state index contributed by atoms with van der Waals surface area (Å²) in [4.78, 5) is 29.1. The molecule has 2 aromatic carbocycles. The van der Waals surface area contributed by atoms with Crippen LogP contribution in [0.5, 0.6) is 0 Å². The van der Waals surface area contributed by atoms with Crippen molar-refractivity contribution in [3.8, 4) is 0 Å². The number of amides is 2. The van der Waals surface area contributed by atoms with Crippen molar-refractivity contribution in [3.63, 3.8) is 0 Å². The molecule has 2 amide bonds. The van der Waals surface area contributed by atoms with E-state index < -0.39 is 17.6 Å². The van der Waals surface area contributed by atoms with Gasteiger partial charge in [-0.25, -0.2) is 9.37 Å². The van der Waals surface area contributed by atoms with Crippen molar-refractivity contribution in [1.82, 2.24) is 4.98 Å². The smallest absolute Gasteiger partial charge is 0.275 e. The van der Waals surface area contributed by atoms with Gasteiger partial charge in [-0.3, -0.25) is 9.59 Å². The molecular formula is C21H19ClFN3O2. The predicted molar refractivity (Wildman–Crippen MR) is 108 cm³/mol. The van der Waals surface area contributed by atoms with Crippen LogP contribution in [0.3, 0.4) is 0 Å². The third-order valence-corrected chi connectivity index (χ3v) is 4.93. The van der Waals surface area contributed by atoms with Gasteiger partial charge in [-0.2, -0.15) is 0 Å². The van der Waals surface area contributed by atoms with Crippen molar-refractivity contribution in [2.45, 2.75) is 26.7 Å². The van der Waals surface area contributed by atoms with Gasteiger partial charge in [-0.15, -0.1) is 0 Å². The van der Waals surface area contributed by atoms with Crippen molar-refractivity contribution in [2.24, 2.45) is 5.73 Å². The van der Waals surface area contributed by atoms with Crippen molar-refractivity contribution < 1.29 is 14.0 Å². The van der Waals surface area contributed by atoms with Crippen molar-refractivity contribution in [2.75, 3.05) is 5.32 Å². The van der Waals surface area contributed by atoms with Crippen molar-refractivity contribution in [3.05, 3.63) is 69.6 Å². The molecule has 1 aromatic heterocycles. The molecule has 144 valence electrons. The Bertz CT molecular complexity index is 1100. The first-order valence-electron chi connectivity index (χ1n) is 8.87. The number of primary amides is 1. The molecule has 0 radical (unpaired) electrons. The molecule has 1 heterocycles. The molecule has 0 aliphatic carbocycles. The van der Waals surface area contributed by atoms with Crippen LogP contribution >= 0.6 is 11.6 Å². The number of nitrogens with zero attached hydrogens (tertiary/aromatic N) is 1. The highest BCUT2D eigenvalue weighted by molar-refractivity contribution is 6.32. The van der Waals surface area contributed by atoms with Gasteiger partial charge in [0.1, 0.15) is 11.5 Å². The van der Waals surface area contributed by atoms with Gasteiger partial charge in [0.05, 0.1) is 11.1 Å². The average molecular weight is 400 g/mol. The first-order chi connectivity index (χ1) is 13.3. The highest BCUT2D eigenvalue weighted by Gasteiger charge is 2.21. The lowest BCUT2D eigenvalue weighted by molar-refractivity contribution is 0.0974. The van der Waals surface area contributed by atoms with Gasteiger partial charge in [0, 0.05) is 22.2 Å².